The fourth-order valence-corrected chi connectivity index (χ4v) is 3.47. The van der Waals surface area contributed by atoms with E-state index in [0.29, 0.717) is 24.7 Å². The molecule has 17 heavy (non-hydrogen) atoms. The maximum atomic E-state index is 11.2. The number of rotatable bonds is 3. The van der Waals surface area contributed by atoms with Crippen molar-refractivity contribution in [1.82, 2.24) is 4.90 Å². The SMILES string of the molecule is CN(C1COCC1C(=O)O)C1CCCC1(C)C. The molecule has 0 aromatic heterocycles. The number of carboxylic acid groups (broad SMARTS) is 1. The molecule has 1 aliphatic heterocycles. The molecular formula is C13H23NO3. The fraction of sp³-hybridized carbons (Fsp3) is 0.923. The van der Waals surface area contributed by atoms with Crippen molar-refractivity contribution in [2.75, 3.05) is 20.3 Å². The molecular weight excluding hydrogens is 218 g/mol. The molecule has 0 radical (unpaired) electrons. The number of nitrogens with zero attached hydrogens (tertiary/aromatic N) is 1. The van der Waals surface area contributed by atoms with Crippen LogP contribution < -0.4 is 0 Å². The van der Waals surface area contributed by atoms with Crippen LogP contribution in [0, 0.1) is 11.3 Å². The fourth-order valence-electron chi connectivity index (χ4n) is 3.47. The van der Waals surface area contributed by atoms with E-state index in [1.165, 1.54) is 19.3 Å². The molecule has 1 saturated carbocycles. The van der Waals surface area contributed by atoms with Gasteiger partial charge in [-0.2, -0.15) is 0 Å². The van der Waals surface area contributed by atoms with E-state index in [1.807, 2.05) is 0 Å². The van der Waals surface area contributed by atoms with E-state index < -0.39 is 5.97 Å². The van der Waals surface area contributed by atoms with Crippen LogP contribution in [0.15, 0.2) is 0 Å². The van der Waals surface area contributed by atoms with Crippen molar-refractivity contribution < 1.29 is 14.6 Å². The molecule has 0 aromatic rings. The van der Waals surface area contributed by atoms with E-state index in [4.69, 9.17) is 4.74 Å². The van der Waals surface area contributed by atoms with Crippen molar-refractivity contribution >= 4 is 5.97 Å². The average Bonchev–Trinajstić information content (AvgIpc) is 2.82. The van der Waals surface area contributed by atoms with Gasteiger partial charge in [0.25, 0.3) is 0 Å². The van der Waals surface area contributed by atoms with Crippen molar-refractivity contribution in [3.05, 3.63) is 0 Å². The minimum Gasteiger partial charge on any atom is -0.481 e. The van der Waals surface area contributed by atoms with Crippen molar-refractivity contribution in [3.8, 4) is 0 Å². The summed E-state index contributed by atoms with van der Waals surface area (Å²) in [6, 6.07) is 0.519. The summed E-state index contributed by atoms with van der Waals surface area (Å²) in [4.78, 5) is 13.4. The van der Waals surface area contributed by atoms with Crippen molar-refractivity contribution in [2.45, 2.75) is 45.2 Å². The van der Waals surface area contributed by atoms with Crippen LogP contribution in [-0.2, 0) is 9.53 Å². The molecule has 2 fully saturated rings. The standard InChI is InChI=1S/C13H23NO3/c1-13(2)6-4-5-11(13)14(3)10-8-17-7-9(10)12(15)16/h9-11H,4-8H2,1-3H3,(H,15,16). The lowest BCUT2D eigenvalue weighted by molar-refractivity contribution is -0.143. The number of carboxylic acids is 1. The number of likely N-dealkylation sites (N-methyl/N-ethyl adjacent to an activating group) is 1. The molecule has 1 heterocycles. The third-order valence-electron chi connectivity index (χ3n) is 4.58. The van der Waals surface area contributed by atoms with Crippen LogP contribution in [-0.4, -0.2) is 48.3 Å². The second-order valence-corrected chi connectivity index (χ2v) is 6.11. The minimum absolute atomic E-state index is 0.0369. The van der Waals surface area contributed by atoms with Crippen molar-refractivity contribution in [1.29, 1.82) is 0 Å². The topological polar surface area (TPSA) is 49.8 Å². The molecule has 3 atom stereocenters. The number of carbonyl (C=O) groups is 1. The lowest BCUT2D eigenvalue weighted by Gasteiger charge is -2.39. The summed E-state index contributed by atoms with van der Waals surface area (Å²) < 4.78 is 5.36. The zero-order valence-electron chi connectivity index (χ0n) is 11.0. The van der Waals surface area contributed by atoms with E-state index in [1.54, 1.807) is 0 Å². The second kappa shape index (κ2) is 4.58. The first-order valence-electron chi connectivity index (χ1n) is 6.46. The van der Waals surface area contributed by atoms with Crippen LogP contribution in [0.1, 0.15) is 33.1 Å². The summed E-state index contributed by atoms with van der Waals surface area (Å²) in [7, 11) is 2.06. The van der Waals surface area contributed by atoms with Gasteiger partial charge in [-0.1, -0.05) is 20.3 Å². The van der Waals surface area contributed by atoms with Gasteiger partial charge in [0, 0.05) is 12.1 Å². The third kappa shape index (κ3) is 2.33. The van der Waals surface area contributed by atoms with Gasteiger partial charge in [0.05, 0.1) is 19.1 Å². The zero-order chi connectivity index (χ0) is 12.6. The molecule has 2 rings (SSSR count). The van der Waals surface area contributed by atoms with Crippen LogP contribution in [0.5, 0.6) is 0 Å². The Hall–Kier alpha value is -0.610. The molecule has 4 nitrogen and oxygen atoms in total. The molecule has 0 spiro atoms. The number of ether oxygens (including phenoxy) is 1. The highest BCUT2D eigenvalue weighted by atomic mass is 16.5. The van der Waals surface area contributed by atoms with Gasteiger partial charge in [-0.25, -0.2) is 0 Å². The Bertz CT molecular complexity index is 303. The molecule has 4 heteroatoms. The molecule has 2 aliphatic rings. The molecule has 1 saturated heterocycles. The summed E-state index contributed by atoms with van der Waals surface area (Å²) in [6.07, 6.45) is 3.65. The highest BCUT2D eigenvalue weighted by molar-refractivity contribution is 5.71. The Labute approximate surface area is 103 Å². The molecule has 1 aliphatic carbocycles. The van der Waals surface area contributed by atoms with Crippen LogP contribution in [0.3, 0.4) is 0 Å². The molecule has 98 valence electrons. The summed E-state index contributed by atoms with van der Waals surface area (Å²) >= 11 is 0. The highest BCUT2D eigenvalue weighted by Crippen LogP contribution is 2.41. The monoisotopic (exact) mass is 241 g/mol. The van der Waals surface area contributed by atoms with Gasteiger partial charge in [0.1, 0.15) is 0 Å². The summed E-state index contributed by atoms with van der Waals surface area (Å²) in [5, 5.41) is 9.20. The molecule has 0 bridgehead atoms. The Morgan fingerprint density at radius 3 is 2.65 bits per heavy atom. The second-order valence-electron chi connectivity index (χ2n) is 6.11. The molecule has 0 amide bonds. The van der Waals surface area contributed by atoms with Crippen molar-refractivity contribution in [3.63, 3.8) is 0 Å². The summed E-state index contributed by atoms with van der Waals surface area (Å²) in [5.41, 5.74) is 0.292. The van der Waals surface area contributed by atoms with Gasteiger partial charge in [-0.3, -0.25) is 9.69 Å². The highest BCUT2D eigenvalue weighted by Gasteiger charge is 2.44. The maximum absolute atomic E-state index is 11.2. The van der Waals surface area contributed by atoms with Crippen LogP contribution >= 0.6 is 0 Å². The smallest absolute Gasteiger partial charge is 0.310 e. The molecule has 1 N–H and O–H groups in total. The molecule has 3 unspecified atom stereocenters. The Kier molecular flexibility index (Phi) is 3.46. The third-order valence-corrected chi connectivity index (χ3v) is 4.58. The normalized spacial score (nSPS) is 36.6. The Morgan fingerprint density at radius 2 is 2.12 bits per heavy atom. The number of hydrogen-bond acceptors (Lipinski definition) is 3. The summed E-state index contributed by atoms with van der Waals surface area (Å²) in [5.74, 6) is -1.09. The predicted octanol–water partition coefficient (Wildman–Crippen LogP) is 1.60. The lowest BCUT2D eigenvalue weighted by atomic mass is 9.85. The first kappa shape index (κ1) is 12.8. The van der Waals surface area contributed by atoms with Gasteiger partial charge in [0.15, 0.2) is 0 Å². The van der Waals surface area contributed by atoms with E-state index in [0.717, 1.165) is 0 Å². The van der Waals surface area contributed by atoms with Crippen LogP contribution in [0.4, 0.5) is 0 Å². The van der Waals surface area contributed by atoms with Crippen LogP contribution in [0.2, 0.25) is 0 Å². The van der Waals surface area contributed by atoms with E-state index in [-0.39, 0.29) is 12.0 Å². The van der Waals surface area contributed by atoms with Gasteiger partial charge in [-0.15, -0.1) is 0 Å². The first-order valence-corrected chi connectivity index (χ1v) is 6.46. The summed E-state index contributed by atoms with van der Waals surface area (Å²) in [6.45, 7) is 5.48. The van der Waals surface area contributed by atoms with Crippen molar-refractivity contribution in [2.24, 2.45) is 11.3 Å². The zero-order valence-corrected chi connectivity index (χ0v) is 11.0. The number of hydrogen-bond donors (Lipinski definition) is 1. The largest absolute Gasteiger partial charge is 0.481 e. The van der Waals surface area contributed by atoms with E-state index in [2.05, 4.69) is 25.8 Å². The van der Waals surface area contributed by atoms with E-state index in [9.17, 15) is 9.90 Å². The predicted molar refractivity (Wildman–Crippen MR) is 64.9 cm³/mol. The molecule has 0 aromatic carbocycles. The van der Waals surface area contributed by atoms with Gasteiger partial charge in [0.2, 0.25) is 0 Å². The first-order chi connectivity index (χ1) is 7.93. The Balaban J connectivity index is 2.09. The minimum atomic E-state index is -0.727. The van der Waals surface area contributed by atoms with E-state index >= 15 is 0 Å². The van der Waals surface area contributed by atoms with Crippen LogP contribution in [0.25, 0.3) is 0 Å². The average molecular weight is 241 g/mol. The van der Waals surface area contributed by atoms with Gasteiger partial charge >= 0.3 is 5.97 Å². The van der Waals surface area contributed by atoms with Gasteiger partial charge < -0.3 is 9.84 Å². The lowest BCUT2D eigenvalue weighted by Crippen LogP contribution is -2.49. The number of aliphatic carboxylic acids is 1. The maximum Gasteiger partial charge on any atom is 0.310 e. The quantitative estimate of drug-likeness (QED) is 0.815. The van der Waals surface area contributed by atoms with Gasteiger partial charge in [-0.05, 0) is 25.3 Å². The Morgan fingerprint density at radius 1 is 1.41 bits per heavy atom.